The van der Waals surface area contributed by atoms with Gasteiger partial charge in [0.05, 0.1) is 18.7 Å². The lowest BCUT2D eigenvalue weighted by atomic mass is 9.82. The molecule has 0 unspecified atom stereocenters. The van der Waals surface area contributed by atoms with Crippen LogP contribution in [0.2, 0.25) is 0 Å². The Bertz CT molecular complexity index is 1340. The number of piperidine rings is 1. The van der Waals surface area contributed by atoms with Crippen molar-refractivity contribution < 1.29 is 14.7 Å². The number of fused-ring (bicyclic) bond motifs is 1. The second-order valence-corrected chi connectivity index (χ2v) is 12.0. The minimum atomic E-state index is -0.852. The van der Waals surface area contributed by atoms with Crippen LogP contribution in [0, 0.1) is 19.3 Å². The van der Waals surface area contributed by atoms with E-state index in [9.17, 15) is 14.7 Å². The van der Waals surface area contributed by atoms with E-state index < -0.39 is 5.97 Å². The molecule has 2 aromatic heterocycles. The van der Waals surface area contributed by atoms with Crippen molar-refractivity contribution in [1.29, 1.82) is 0 Å². The highest BCUT2D eigenvalue weighted by atomic mass is 32.1. The van der Waals surface area contributed by atoms with Gasteiger partial charge in [-0.2, -0.15) is 0 Å². The Balaban J connectivity index is 1.55. The van der Waals surface area contributed by atoms with Crippen LogP contribution >= 0.6 is 11.3 Å². The fourth-order valence-corrected chi connectivity index (χ4v) is 6.23. The topological polar surface area (TPSA) is 86.6 Å². The molecule has 2 aliphatic heterocycles. The van der Waals surface area contributed by atoms with Crippen molar-refractivity contribution in [2.75, 3.05) is 24.5 Å². The fraction of sp³-hybridized carbons (Fsp3) is 0.448. The van der Waals surface area contributed by atoms with Gasteiger partial charge in [-0.3, -0.25) is 14.6 Å². The molecule has 1 saturated heterocycles. The number of aliphatic carboxylic acids is 1. The van der Waals surface area contributed by atoms with Gasteiger partial charge in [0.25, 0.3) is 5.91 Å². The van der Waals surface area contributed by atoms with Crippen molar-refractivity contribution in [2.24, 2.45) is 5.41 Å². The van der Waals surface area contributed by atoms with Gasteiger partial charge in [-0.15, -0.1) is 11.3 Å². The van der Waals surface area contributed by atoms with E-state index in [2.05, 4.69) is 29.8 Å². The molecule has 2 aliphatic rings. The number of aryl methyl sites for hydroxylation is 2. The van der Waals surface area contributed by atoms with Gasteiger partial charge in [0.1, 0.15) is 5.01 Å². The molecule has 0 bridgehead atoms. The summed E-state index contributed by atoms with van der Waals surface area (Å²) < 4.78 is 0. The minimum Gasteiger partial charge on any atom is -0.481 e. The molecule has 37 heavy (non-hydrogen) atoms. The molecule has 0 aliphatic carbocycles. The number of pyridine rings is 1. The molecule has 1 fully saturated rings. The average molecular weight is 519 g/mol. The number of thiazole rings is 1. The van der Waals surface area contributed by atoms with E-state index >= 15 is 0 Å². The number of carbonyl (C=O) groups excluding carboxylic acids is 1. The molecular formula is C29H34N4O3S. The Morgan fingerprint density at radius 2 is 1.89 bits per heavy atom. The third-order valence-corrected chi connectivity index (χ3v) is 8.55. The first-order chi connectivity index (χ1) is 17.6. The Hall–Kier alpha value is -3.26. The lowest BCUT2D eigenvalue weighted by molar-refractivity contribution is -0.136. The zero-order chi connectivity index (χ0) is 26.3. The van der Waals surface area contributed by atoms with E-state index in [1.165, 1.54) is 0 Å². The molecule has 4 heterocycles. The number of rotatable bonds is 6. The third-order valence-electron chi connectivity index (χ3n) is 7.79. The van der Waals surface area contributed by atoms with Gasteiger partial charge in [-0.05, 0) is 55.7 Å². The summed E-state index contributed by atoms with van der Waals surface area (Å²) in [5.41, 5.74) is 7.47. The number of anilines is 1. The fourth-order valence-electron chi connectivity index (χ4n) is 5.60. The van der Waals surface area contributed by atoms with Gasteiger partial charge in [0.2, 0.25) is 0 Å². The third kappa shape index (κ3) is 5.12. The second-order valence-electron chi connectivity index (χ2n) is 11.0. The molecule has 1 amide bonds. The molecule has 1 N–H and O–H groups in total. The maximum absolute atomic E-state index is 13.3. The monoisotopic (exact) mass is 518 g/mol. The van der Waals surface area contributed by atoms with Crippen LogP contribution in [-0.4, -0.2) is 51.5 Å². The summed E-state index contributed by atoms with van der Waals surface area (Å²) in [7, 11) is 0. The molecule has 0 saturated carbocycles. The summed E-state index contributed by atoms with van der Waals surface area (Å²) in [6.07, 6.45) is 4.58. The van der Waals surface area contributed by atoms with Crippen LogP contribution in [0.15, 0.2) is 29.8 Å². The predicted octanol–water partition coefficient (Wildman–Crippen LogP) is 5.27. The van der Waals surface area contributed by atoms with Gasteiger partial charge in [0, 0.05) is 59.3 Å². The summed E-state index contributed by atoms with van der Waals surface area (Å²) in [6.45, 7) is 11.5. The number of carbonyl (C=O) groups is 2. The smallest absolute Gasteiger partial charge is 0.307 e. The van der Waals surface area contributed by atoms with E-state index in [0.29, 0.717) is 13.1 Å². The summed E-state index contributed by atoms with van der Waals surface area (Å²) in [6, 6.07) is 6.06. The standard InChI is InChI=1S/C29H34N4O3S/c1-18-23(16-25(34)35)27(32-12-8-29(3,4)9-13-32)26(19(2)31-18)21-5-6-22-20(15-21)7-11-33(28(22)36)17-24-30-10-14-37-24/h5-6,10,14-15H,7-9,11-13,16-17H2,1-4H3,(H,34,35). The van der Waals surface area contributed by atoms with E-state index in [1.807, 2.05) is 36.3 Å². The van der Waals surface area contributed by atoms with Crippen molar-refractivity contribution in [2.45, 2.75) is 59.9 Å². The highest BCUT2D eigenvalue weighted by molar-refractivity contribution is 7.09. The van der Waals surface area contributed by atoms with E-state index in [4.69, 9.17) is 4.98 Å². The summed E-state index contributed by atoms with van der Waals surface area (Å²) in [5, 5.41) is 12.6. The lowest BCUT2D eigenvalue weighted by Crippen LogP contribution is -2.38. The second kappa shape index (κ2) is 9.89. The zero-order valence-electron chi connectivity index (χ0n) is 22.0. The first-order valence-electron chi connectivity index (χ1n) is 12.9. The maximum Gasteiger partial charge on any atom is 0.307 e. The summed E-state index contributed by atoms with van der Waals surface area (Å²) in [5.74, 6) is -0.818. The highest BCUT2D eigenvalue weighted by Crippen LogP contribution is 2.42. The van der Waals surface area contributed by atoms with Crippen LogP contribution in [0.4, 0.5) is 5.69 Å². The van der Waals surface area contributed by atoms with E-state index in [1.54, 1.807) is 17.5 Å². The Morgan fingerprint density at radius 3 is 2.57 bits per heavy atom. The molecule has 0 atom stereocenters. The number of nitrogens with zero attached hydrogens (tertiary/aromatic N) is 4. The Kier molecular flexibility index (Phi) is 6.79. The van der Waals surface area contributed by atoms with Crippen molar-refractivity contribution in [3.05, 3.63) is 62.9 Å². The molecule has 0 radical (unpaired) electrons. The number of benzene rings is 1. The van der Waals surface area contributed by atoms with Gasteiger partial charge < -0.3 is 14.9 Å². The number of carboxylic acids is 1. The van der Waals surface area contributed by atoms with Crippen LogP contribution in [0.25, 0.3) is 11.1 Å². The predicted molar refractivity (Wildman–Crippen MR) is 146 cm³/mol. The number of carboxylic acid groups (broad SMARTS) is 1. The maximum atomic E-state index is 13.3. The Labute approximate surface area is 222 Å². The highest BCUT2D eigenvalue weighted by Gasteiger charge is 2.31. The summed E-state index contributed by atoms with van der Waals surface area (Å²) in [4.78, 5) is 38.5. The van der Waals surface area contributed by atoms with Gasteiger partial charge >= 0.3 is 5.97 Å². The molecule has 7 nitrogen and oxygen atoms in total. The number of hydrogen-bond donors (Lipinski definition) is 1. The van der Waals surface area contributed by atoms with Crippen molar-refractivity contribution >= 4 is 28.9 Å². The van der Waals surface area contributed by atoms with E-state index in [0.717, 1.165) is 82.3 Å². The number of aromatic nitrogens is 2. The molecule has 0 spiro atoms. The Morgan fingerprint density at radius 1 is 1.14 bits per heavy atom. The van der Waals surface area contributed by atoms with Gasteiger partial charge in [0.15, 0.2) is 0 Å². The minimum absolute atomic E-state index is 0.0341. The average Bonchev–Trinajstić information content (AvgIpc) is 3.35. The van der Waals surface area contributed by atoms with Gasteiger partial charge in [-0.25, -0.2) is 4.98 Å². The van der Waals surface area contributed by atoms with Crippen molar-refractivity contribution in [1.82, 2.24) is 14.9 Å². The van der Waals surface area contributed by atoms with Crippen LogP contribution in [0.5, 0.6) is 0 Å². The van der Waals surface area contributed by atoms with Crippen LogP contribution in [0.1, 0.15) is 64.6 Å². The first-order valence-corrected chi connectivity index (χ1v) is 13.8. The molecule has 194 valence electrons. The largest absolute Gasteiger partial charge is 0.481 e. The number of hydrogen-bond acceptors (Lipinski definition) is 6. The molecule has 3 aromatic rings. The van der Waals surface area contributed by atoms with Crippen LogP contribution in [0.3, 0.4) is 0 Å². The normalized spacial score (nSPS) is 17.1. The summed E-state index contributed by atoms with van der Waals surface area (Å²) >= 11 is 1.56. The molecule has 1 aromatic carbocycles. The van der Waals surface area contributed by atoms with Crippen LogP contribution < -0.4 is 4.90 Å². The van der Waals surface area contributed by atoms with Crippen molar-refractivity contribution in [3.63, 3.8) is 0 Å². The first kappa shape index (κ1) is 25.4. The quantitative estimate of drug-likeness (QED) is 0.478. The number of amides is 1. The van der Waals surface area contributed by atoms with Crippen molar-refractivity contribution in [3.8, 4) is 11.1 Å². The molecule has 5 rings (SSSR count). The SMILES string of the molecule is Cc1nc(C)c(-c2ccc3c(c2)CCN(Cc2nccs2)C3=O)c(N2CCC(C)(C)CC2)c1CC(=O)O. The van der Waals surface area contributed by atoms with E-state index in [-0.39, 0.29) is 17.7 Å². The zero-order valence-corrected chi connectivity index (χ0v) is 22.8. The lowest BCUT2D eigenvalue weighted by Gasteiger charge is -2.40. The molecular weight excluding hydrogens is 484 g/mol. The van der Waals surface area contributed by atoms with Gasteiger partial charge in [-0.1, -0.05) is 26.0 Å². The van der Waals surface area contributed by atoms with Crippen LogP contribution in [-0.2, 0) is 24.2 Å². The molecule has 8 heteroatoms.